The second kappa shape index (κ2) is 12.1. The van der Waals surface area contributed by atoms with Crippen LogP contribution in [-0.4, -0.2) is 15.9 Å². The smallest absolute Gasteiger partial charge is 0.416 e. The topological polar surface area (TPSA) is 59.4 Å². The van der Waals surface area contributed by atoms with Gasteiger partial charge in [-0.05, 0) is 73.9 Å². The Balaban J connectivity index is 0.000000248. The first kappa shape index (κ1) is 28.6. The lowest BCUT2D eigenvalue weighted by Gasteiger charge is -2.10. The molecule has 1 aromatic heterocycles. The number of benzene rings is 3. The van der Waals surface area contributed by atoms with Crippen LogP contribution in [0.2, 0.25) is 5.02 Å². The van der Waals surface area contributed by atoms with E-state index in [1.54, 1.807) is 25.1 Å². The van der Waals surface area contributed by atoms with Crippen molar-refractivity contribution in [3.05, 3.63) is 91.9 Å². The van der Waals surface area contributed by atoms with E-state index in [2.05, 4.69) is 4.98 Å². The number of thiazole rings is 1. The molecule has 0 amide bonds. The molecule has 0 spiro atoms. The van der Waals surface area contributed by atoms with E-state index in [0.717, 1.165) is 34.4 Å². The molecule has 4 nitrogen and oxygen atoms in total. The molecule has 0 saturated carbocycles. The number of hydrogen-bond acceptors (Lipinski definition) is 5. The van der Waals surface area contributed by atoms with Crippen molar-refractivity contribution in [2.24, 2.45) is 0 Å². The van der Waals surface area contributed by atoms with Crippen LogP contribution >= 0.6 is 22.9 Å². The summed E-state index contributed by atoms with van der Waals surface area (Å²) in [6, 6.07) is 12.3. The summed E-state index contributed by atoms with van der Waals surface area (Å²) >= 11 is 7.10. The number of nitrogens with zero attached hydrogens (tertiary/aromatic N) is 1. The van der Waals surface area contributed by atoms with Gasteiger partial charge in [-0.25, -0.2) is 4.98 Å². The lowest BCUT2D eigenvalue weighted by atomic mass is 9.99. The minimum Gasteiger partial charge on any atom is -0.508 e. The molecule has 0 bridgehead atoms. The minimum atomic E-state index is -4.40. The predicted molar refractivity (Wildman–Crippen MR) is 142 cm³/mol. The van der Waals surface area contributed by atoms with E-state index in [1.807, 2.05) is 26.8 Å². The Kier molecular flexibility index (Phi) is 9.34. The van der Waals surface area contributed by atoms with Gasteiger partial charge in [-0.3, -0.25) is 4.79 Å². The molecule has 0 atom stereocenters. The van der Waals surface area contributed by atoms with E-state index in [9.17, 15) is 23.1 Å². The Morgan fingerprint density at radius 3 is 2.35 bits per heavy atom. The summed E-state index contributed by atoms with van der Waals surface area (Å²) in [6.45, 7) is 7.81. The van der Waals surface area contributed by atoms with E-state index in [4.69, 9.17) is 16.3 Å². The van der Waals surface area contributed by atoms with Crippen molar-refractivity contribution in [3.63, 3.8) is 0 Å². The molecular formula is C28H27ClF3NO3S. The Hall–Kier alpha value is -2.94. The molecule has 0 radical (unpaired) electrons. The number of carbonyl (C=O) groups excluding carboxylic acids is 1. The van der Waals surface area contributed by atoms with Crippen LogP contribution in [0.15, 0.2) is 48.5 Å². The van der Waals surface area contributed by atoms with Gasteiger partial charge in [-0.2, -0.15) is 13.2 Å². The summed E-state index contributed by atoms with van der Waals surface area (Å²) < 4.78 is 45.2. The molecule has 4 rings (SSSR count). The van der Waals surface area contributed by atoms with Gasteiger partial charge in [0.25, 0.3) is 0 Å². The fraction of sp³-hybridized carbons (Fsp3) is 0.286. The van der Waals surface area contributed by atoms with Gasteiger partial charge in [0.15, 0.2) is 5.78 Å². The van der Waals surface area contributed by atoms with Gasteiger partial charge in [0.2, 0.25) is 0 Å². The maximum atomic E-state index is 13.0. The molecule has 1 N–H and O–H groups in total. The fourth-order valence-corrected chi connectivity index (χ4v) is 4.84. The Bertz CT molecular complexity index is 1400. The number of hydrogen-bond donors (Lipinski definition) is 1. The average Bonchev–Trinajstić information content (AvgIpc) is 3.22. The Morgan fingerprint density at radius 1 is 1.05 bits per heavy atom. The number of Topliss-reactive ketones (excluding diaryl/α,β-unsaturated/α-hetero) is 1. The molecule has 0 aliphatic carbocycles. The molecule has 3 aromatic carbocycles. The zero-order chi connectivity index (χ0) is 27.3. The Labute approximate surface area is 222 Å². The fourth-order valence-electron chi connectivity index (χ4n) is 3.65. The van der Waals surface area contributed by atoms with Gasteiger partial charge in [0.1, 0.15) is 5.75 Å². The van der Waals surface area contributed by atoms with Crippen LogP contribution in [0.4, 0.5) is 13.2 Å². The third-order valence-electron chi connectivity index (χ3n) is 5.72. The highest BCUT2D eigenvalue weighted by Gasteiger charge is 2.31. The standard InChI is InChI=1S/C17H14F3NO2S.C11H13ClO/c1-10-21-16-12(6-13(17(18,19)20)7-15(16)24-10)9-23-8-11-2-4-14(22)5-3-11;1-4-11(13)10-6-9(12)5-7(2)8(10)3/h2-7,22H,8-9H2,1H3;5-6H,4H2,1-3H3. The lowest BCUT2D eigenvalue weighted by molar-refractivity contribution is -0.137. The van der Waals surface area contributed by atoms with Crippen LogP contribution in [0.5, 0.6) is 5.75 Å². The maximum absolute atomic E-state index is 13.0. The number of fused-ring (bicyclic) bond motifs is 1. The largest absolute Gasteiger partial charge is 0.508 e. The maximum Gasteiger partial charge on any atom is 0.416 e. The summed E-state index contributed by atoms with van der Waals surface area (Å²) in [6.07, 6.45) is -3.88. The van der Waals surface area contributed by atoms with Crippen LogP contribution in [-0.2, 0) is 24.1 Å². The van der Waals surface area contributed by atoms with Gasteiger partial charge < -0.3 is 9.84 Å². The summed E-state index contributed by atoms with van der Waals surface area (Å²) in [5, 5.41) is 10.6. The molecule has 1 heterocycles. The number of ether oxygens (including phenoxy) is 1. The zero-order valence-electron chi connectivity index (χ0n) is 20.9. The van der Waals surface area contributed by atoms with E-state index in [1.165, 1.54) is 23.5 Å². The summed E-state index contributed by atoms with van der Waals surface area (Å²) in [7, 11) is 0. The number of aromatic nitrogens is 1. The summed E-state index contributed by atoms with van der Waals surface area (Å²) in [5.74, 6) is 0.305. The van der Waals surface area contributed by atoms with Crippen LogP contribution in [0.1, 0.15) is 56.5 Å². The van der Waals surface area contributed by atoms with Crippen molar-refractivity contribution >= 4 is 38.9 Å². The monoisotopic (exact) mass is 549 g/mol. The number of ketones is 1. The number of alkyl halides is 3. The van der Waals surface area contributed by atoms with Crippen molar-refractivity contribution < 1.29 is 27.8 Å². The zero-order valence-corrected chi connectivity index (χ0v) is 22.4. The number of phenols is 1. The van der Waals surface area contributed by atoms with Crippen LogP contribution in [0, 0.1) is 20.8 Å². The number of rotatable bonds is 6. The lowest BCUT2D eigenvalue weighted by Crippen LogP contribution is -2.06. The highest BCUT2D eigenvalue weighted by molar-refractivity contribution is 7.18. The average molecular weight is 550 g/mol. The molecule has 196 valence electrons. The van der Waals surface area contributed by atoms with Crippen molar-refractivity contribution in [3.8, 4) is 5.75 Å². The van der Waals surface area contributed by atoms with E-state index < -0.39 is 11.7 Å². The van der Waals surface area contributed by atoms with E-state index >= 15 is 0 Å². The molecule has 0 unspecified atom stereocenters. The number of phenolic OH excluding ortho intramolecular Hbond substituents is 1. The first-order valence-corrected chi connectivity index (χ1v) is 12.7. The van der Waals surface area contributed by atoms with Crippen LogP contribution < -0.4 is 0 Å². The normalized spacial score (nSPS) is 11.4. The second-order valence-electron chi connectivity index (χ2n) is 8.54. The van der Waals surface area contributed by atoms with Crippen LogP contribution in [0.3, 0.4) is 0 Å². The van der Waals surface area contributed by atoms with Gasteiger partial charge in [0.05, 0.1) is 34.0 Å². The third kappa shape index (κ3) is 7.53. The van der Waals surface area contributed by atoms with Gasteiger partial charge >= 0.3 is 6.18 Å². The molecule has 4 aromatic rings. The van der Waals surface area contributed by atoms with Crippen LogP contribution in [0.25, 0.3) is 10.2 Å². The summed E-state index contributed by atoms with van der Waals surface area (Å²) in [4.78, 5) is 15.8. The predicted octanol–water partition coefficient (Wildman–Crippen LogP) is 8.60. The highest BCUT2D eigenvalue weighted by Crippen LogP contribution is 2.35. The van der Waals surface area contributed by atoms with Crippen molar-refractivity contribution in [1.29, 1.82) is 0 Å². The molecule has 0 aliphatic heterocycles. The number of aromatic hydroxyl groups is 1. The molecule has 0 fully saturated rings. The molecule has 37 heavy (non-hydrogen) atoms. The number of halogens is 4. The third-order valence-corrected chi connectivity index (χ3v) is 6.86. The van der Waals surface area contributed by atoms with Gasteiger partial charge in [0, 0.05) is 22.6 Å². The minimum absolute atomic E-state index is 0.0322. The SMILES string of the molecule is CCC(=O)c1cc(Cl)cc(C)c1C.Cc1nc2c(COCc3ccc(O)cc3)cc(C(F)(F)F)cc2s1. The molecule has 9 heteroatoms. The highest BCUT2D eigenvalue weighted by atomic mass is 35.5. The summed E-state index contributed by atoms with van der Waals surface area (Å²) in [5.41, 5.74) is 3.97. The first-order valence-electron chi connectivity index (χ1n) is 11.5. The van der Waals surface area contributed by atoms with E-state index in [-0.39, 0.29) is 24.7 Å². The second-order valence-corrected chi connectivity index (χ2v) is 10.2. The van der Waals surface area contributed by atoms with Crippen molar-refractivity contribution in [2.75, 3.05) is 0 Å². The quantitative estimate of drug-likeness (QED) is 0.245. The molecule has 0 saturated heterocycles. The van der Waals surface area contributed by atoms with E-state index in [0.29, 0.717) is 32.2 Å². The number of aryl methyl sites for hydroxylation is 2. The van der Waals surface area contributed by atoms with Gasteiger partial charge in [-0.15, -0.1) is 11.3 Å². The Morgan fingerprint density at radius 2 is 1.73 bits per heavy atom. The van der Waals surface area contributed by atoms with Crippen molar-refractivity contribution in [1.82, 2.24) is 4.98 Å². The van der Waals surface area contributed by atoms with Crippen molar-refractivity contribution in [2.45, 2.75) is 53.5 Å². The first-order chi connectivity index (χ1) is 17.4. The molecular weight excluding hydrogens is 523 g/mol. The number of carbonyl (C=O) groups is 1. The molecule has 0 aliphatic rings. The van der Waals surface area contributed by atoms with Gasteiger partial charge in [-0.1, -0.05) is 30.7 Å².